The Morgan fingerprint density at radius 1 is 1.19 bits per heavy atom. The lowest BCUT2D eigenvalue weighted by Crippen LogP contribution is -2.48. The SMILES string of the molecule is CN1CCN(C(=O)c2cc3cccnc3n(C)c2=O)CC1. The number of rotatable bonds is 1. The highest BCUT2D eigenvalue weighted by molar-refractivity contribution is 5.97. The summed E-state index contributed by atoms with van der Waals surface area (Å²) in [6, 6.07) is 5.32. The Morgan fingerprint density at radius 2 is 1.90 bits per heavy atom. The van der Waals surface area contributed by atoms with Crippen LogP contribution in [0.15, 0.2) is 29.2 Å². The van der Waals surface area contributed by atoms with Crippen LogP contribution in [0.2, 0.25) is 0 Å². The highest BCUT2D eigenvalue weighted by atomic mass is 16.2. The molecule has 2 aromatic heterocycles. The Balaban J connectivity index is 2.02. The molecule has 2 aromatic rings. The molecule has 0 spiro atoms. The molecule has 0 aliphatic carbocycles. The summed E-state index contributed by atoms with van der Waals surface area (Å²) in [6.07, 6.45) is 1.64. The summed E-state index contributed by atoms with van der Waals surface area (Å²) in [5.74, 6) is -0.186. The number of aromatic nitrogens is 2. The van der Waals surface area contributed by atoms with E-state index < -0.39 is 0 Å². The maximum absolute atomic E-state index is 12.6. The summed E-state index contributed by atoms with van der Waals surface area (Å²) in [5.41, 5.74) is 0.533. The van der Waals surface area contributed by atoms with Crippen LogP contribution in [-0.2, 0) is 7.05 Å². The van der Waals surface area contributed by atoms with E-state index in [4.69, 9.17) is 0 Å². The maximum Gasteiger partial charge on any atom is 0.264 e. The van der Waals surface area contributed by atoms with Crippen molar-refractivity contribution < 1.29 is 4.79 Å². The van der Waals surface area contributed by atoms with E-state index in [0.717, 1.165) is 18.5 Å². The molecule has 0 N–H and O–H groups in total. The number of aryl methyl sites for hydroxylation is 1. The predicted molar refractivity (Wildman–Crippen MR) is 80.4 cm³/mol. The van der Waals surface area contributed by atoms with E-state index in [1.54, 1.807) is 30.3 Å². The normalized spacial score (nSPS) is 16.4. The van der Waals surface area contributed by atoms with Gasteiger partial charge in [0, 0.05) is 44.8 Å². The summed E-state index contributed by atoms with van der Waals surface area (Å²) in [4.78, 5) is 33.1. The number of pyridine rings is 2. The summed E-state index contributed by atoms with van der Waals surface area (Å²) in [6.45, 7) is 2.98. The average Bonchev–Trinajstić information content (AvgIpc) is 2.51. The minimum Gasteiger partial charge on any atom is -0.336 e. The van der Waals surface area contributed by atoms with Gasteiger partial charge in [-0.05, 0) is 25.2 Å². The van der Waals surface area contributed by atoms with Crippen LogP contribution in [0, 0.1) is 0 Å². The molecule has 0 unspecified atom stereocenters. The summed E-state index contributed by atoms with van der Waals surface area (Å²) >= 11 is 0. The van der Waals surface area contributed by atoms with E-state index in [1.807, 2.05) is 13.1 Å². The molecule has 3 heterocycles. The van der Waals surface area contributed by atoms with Gasteiger partial charge in [-0.2, -0.15) is 0 Å². The molecule has 110 valence electrons. The largest absolute Gasteiger partial charge is 0.336 e. The van der Waals surface area contributed by atoms with Gasteiger partial charge in [0.15, 0.2) is 0 Å². The molecule has 6 heteroatoms. The standard InChI is InChI=1S/C15H18N4O2/c1-17-6-8-19(9-7-17)15(21)12-10-11-4-3-5-16-13(11)18(2)14(12)20/h3-5,10H,6-9H2,1-2H3. The van der Waals surface area contributed by atoms with Crippen molar-refractivity contribution >= 4 is 16.9 Å². The Bertz CT molecular complexity index is 745. The van der Waals surface area contributed by atoms with Crippen LogP contribution in [-0.4, -0.2) is 58.5 Å². The van der Waals surface area contributed by atoms with Crippen LogP contribution in [0.3, 0.4) is 0 Å². The number of hydrogen-bond acceptors (Lipinski definition) is 4. The van der Waals surface area contributed by atoms with Crippen molar-refractivity contribution in [3.8, 4) is 0 Å². The molecule has 1 aliphatic rings. The fourth-order valence-electron chi connectivity index (χ4n) is 2.63. The third kappa shape index (κ3) is 2.42. The Hall–Kier alpha value is -2.21. The van der Waals surface area contributed by atoms with Crippen molar-refractivity contribution in [2.75, 3.05) is 33.2 Å². The van der Waals surface area contributed by atoms with Crippen LogP contribution >= 0.6 is 0 Å². The quantitative estimate of drug-likeness (QED) is 0.757. The summed E-state index contributed by atoms with van der Waals surface area (Å²) in [7, 11) is 3.68. The van der Waals surface area contributed by atoms with Crippen LogP contribution in [0.5, 0.6) is 0 Å². The van der Waals surface area contributed by atoms with Crippen molar-refractivity contribution in [2.45, 2.75) is 0 Å². The highest BCUT2D eigenvalue weighted by Crippen LogP contribution is 2.12. The fourth-order valence-corrected chi connectivity index (χ4v) is 2.63. The first-order chi connectivity index (χ1) is 10.1. The lowest BCUT2D eigenvalue weighted by atomic mass is 10.1. The summed E-state index contributed by atoms with van der Waals surface area (Å²) < 4.78 is 1.44. The highest BCUT2D eigenvalue weighted by Gasteiger charge is 2.23. The number of amides is 1. The van der Waals surface area contributed by atoms with Crippen LogP contribution in [0.1, 0.15) is 10.4 Å². The van der Waals surface area contributed by atoms with Gasteiger partial charge >= 0.3 is 0 Å². The van der Waals surface area contributed by atoms with Crippen LogP contribution in [0.25, 0.3) is 11.0 Å². The second kappa shape index (κ2) is 5.29. The first-order valence-corrected chi connectivity index (χ1v) is 7.00. The van der Waals surface area contributed by atoms with Gasteiger partial charge in [-0.25, -0.2) is 4.98 Å². The molecule has 0 bridgehead atoms. The van der Waals surface area contributed by atoms with Crippen molar-refractivity contribution in [3.63, 3.8) is 0 Å². The minimum atomic E-state index is -0.287. The molecule has 0 radical (unpaired) electrons. The van der Waals surface area contributed by atoms with Crippen molar-refractivity contribution in [1.29, 1.82) is 0 Å². The number of carbonyl (C=O) groups excluding carboxylic acids is 1. The third-order valence-corrected chi connectivity index (χ3v) is 3.99. The number of fused-ring (bicyclic) bond motifs is 1. The zero-order valence-corrected chi connectivity index (χ0v) is 12.2. The van der Waals surface area contributed by atoms with Gasteiger partial charge in [-0.15, -0.1) is 0 Å². The molecule has 3 rings (SSSR count). The van der Waals surface area contributed by atoms with Gasteiger partial charge in [0.2, 0.25) is 0 Å². The van der Waals surface area contributed by atoms with E-state index in [1.165, 1.54) is 4.57 Å². The van der Waals surface area contributed by atoms with Gasteiger partial charge in [-0.3, -0.25) is 14.2 Å². The first kappa shape index (κ1) is 13.8. The minimum absolute atomic E-state index is 0.186. The molecule has 1 saturated heterocycles. The monoisotopic (exact) mass is 286 g/mol. The second-order valence-corrected chi connectivity index (χ2v) is 5.43. The second-order valence-electron chi connectivity index (χ2n) is 5.43. The van der Waals surface area contributed by atoms with Crippen molar-refractivity contribution in [3.05, 3.63) is 40.3 Å². The number of nitrogens with zero attached hydrogens (tertiary/aromatic N) is 4. The zero-order valence-electron chi connectivity index (χ0n) is 12.2. The number of hydrogen-bond donors (Lipinski definition) is 0. The molecule has 21 heavy (non-hydrogen) atoms. The lowest BCUT2D eigenvalue weighted by Gasteiger charge is -2.32. The van der Waals surface area contributed by atoms with E-state index in [9.17, 15) is 9.59 Å². The number of carbonyl (C=O) groups is 1. The molecule has 1 fully saturated rings. The summed E-state index contributed by atoms with van der Waals surface area (Å²) in [5, 5.41) is 0.803. The first-order valence-electron chi connectivity index (χ1n) is 7.00. The van der Waals surface area contributed by atoms with Crippen molar-refractivity contribution in [1.82, 2.24) is 19.4 Å². The van der Waals surface area contributed by atoms with Crippen LogP contribution < -0.4 is 5.56 Å². The van der Waals surface area contributed by atoms with E-state index >= 15 is 0 Å². The number of likely N-dealkylation sites (N-methyl/N-ethyl adjacent to an activating group) is 1. The van der Waals surface area contributed by atoms with Gasteiger partial charge in [0.25, 0.3) is 11.5 Å². The lowest BCUT2D eigenvalue weighted by molar-refractivity contribution is 0.0662. The third-order valence-electron chi connectivity index (χ3n) is 3.99. The molecular formula is C15H18N4O2. The van der Waals surface area contributed by atoms with E-state index in [-0.39, 0.29) is 17.0 Å². The Labute approximate surface area is 122 Å². The zero-order chi connectivity index (χ0) is 15.0. The fraction of sp³-hybridized carbons (Fsp3) is 0.400. The molecule has 1 amide bonds. The average molecular weight is 286 g/mol. The predicted octanol–water partition coefficient (Wildman–Crippen LogP) is 0.321. The van der Waals surface area contributed by atoms with Gasteiger partial charge in [0.1, 0.15) is 11.2 Å². The number of piperazine rings is 1. The van der Waals surface area contributed by atoms with Gasteiger partial charge < -0.3 is 9.80 Å². The van der Waals surface area contributed by atoms with E-state index in [0.29, 0.717) is 18.7 Å². The van der Waals surface area contributed by atoms with Crippen LogP contribution in [0.4, 0.5) is 0 Å². The molecule has 6 nitrogen and oxygen atoms in total. The van der Waals surface area contributed by atoms with Crippen molar-refractivity contribution in [2.24, 2.45) is 7.05 Å². The molecule has 0 atom stereocenters. The topological polar surface area (TPSA) is 58.4 Å². The Kier molecular flexibility index (Phi) is 3.47. The molecular weight excluding hydrogens is 268 g/mol. The van der Waals surface area contributed by atoms with Gasteiger partial charge in [0.05, 0.1) is 0 Å². The maximum atomic E-state index is 12.6. The molecule has 0 saturated carbocycles. The van der Waals surface area contributed by atoms with Gasteiger partial charge in [-0.1, -0.05) is 0 Å². The molecule has 1 aliphatic heterocycles. The molecule has 0 aromatic carbocycles. The Morgan fingerprint density at radius 3 is 2.62 bits per heavy atom. The van der Waals surface area contributed by atoms with E-state index in [2.05, 4.69) is 9.88 Å². The smallest absolute Gasteiger partial charge is 0.264 e.